The Morgan fingerprint density at radius 1 is 1.17 bits per heavy atom. The number of hydrogen-bond donors (Lipinski definition) is 2. The first-order valence-corrected chi connectivity index (χ1v) is 8.50. The molecule has 122 valence electrons. The first kappa shape index (κ1) is 16.0. The molecule has 2 aromatic rings. The third-order valence-electron chi connectivity index (χ3n) is 4.58. The molecule has 3 heteroatoms. The topological polar surface area (TPSA) is 39.3 Å². The van der Waals surface area contributed by atoms with Crippen LogP contribution in [0.1, 0.15) is 34.4 Å². The van der Waals surface area contributed by atoms with E-state index in [0.29, 0.717) is 0 Å². The van der Waals surface area contributed by atoms with Gasteiger partial charge in [0.05, 0.1) is 6.61 Å². The summed E-state index contributed by atoms with van der Waals surface area (Å²) in [6.45, 7) is 4.89. The summed E-state index contributed by atoms with van der Waals surface area (Å²) >= 11 is 0. The monoisotopic (exact) mass is 310 g/mol. The second-order valence-electron chi connectivity index (χ2n) is 6.38. The van der Waals surface area contributed by atoms with Crippen molar-refractivity contribution in [1.82, 2.24) is 9.88 Å². The largest absolute Gasteiger partial charge is 0.395 e. The quantitative estimate of drug-likeness (QED) is 0.823. The summed E-state index contributed by atoms with van der Waals surface area (Å²) in [6, 6.07) is 8.67. The van der Waals surface area contributed by atoms with E-state index in [4.69, 9.17) is 0 Å². The highest BCUT2D eigenvalue weighted by molar-refractivity contribution is 5.58. The molecule has 0 spiro atoms. The van der Waals surface area contributed by atoms with Gasteiger partial charge in [0.25, 0.3) is 0 Å². The second kappa shape index (κ2) is 7.62. The molecule has 0 saturated heterocycles. The fraction of sp³-hybridized carbons (Fsp3) is 0.400. The van der Waals surface area contributed by atoms with E-state index in [1.807, 2.05) is 0 Å². The van der Waals surface area contributed by atoms with Crippen LogP contribution < -0.4 is 0 Å². The number of aliphatic hydroxyl groups is 1. The summed E-state index contributed by atoms with van der Waals surface area (Å²) in [5.74, 6) is 0. The lowest BCUT2D eigenvalue weighted by Gasteiger charge is -2.21. The van der Waals surface area contributed by atoms with E-state index in [-0.39, 0.29) is 6.61 Å². The number of nitrogens with one attached hydrogen (secondary N) is 1. The van der Waals surface area contributed by atoms with Crippen molar-refractivity contribution < 1.29 is 5.11 Å². The maximum absolute atomic E-state index is 9.35. The molecule has 1 aliphatic carbocycles. The number of nitrogens with zero attached hydrogens (tertiary/aromatic N) is 1. The van der Waals surface area contributed by atoms with Crippen molar-refractivity contribution in [2.75, 3.05) is 19.7 Å². The predicted molar refractivity (Wildman–Crippen MR) is 95.4 cm³/mol. The molecule has 1 aromatic carbocycles. The Morgan fingerprint density at radius 2 is 2.00 bits per heavy atom. The maximum Gasteiger partial charge on any atom is 0.0558 e. The Bertz CT molecular complexity index is 655. The molecule has 3 nitrogen and oxygen atoms in total. The highest BCUT2D eigenvalue weighted by Gasteiger charge is 2.13. The molecule has 2 N–H and O–H groups in total. The number of allylic oxidation sites excluding steroid dienone is 1. The number of aromatic nitrogens is 1. The number of aromatic amines is 1. The van der Waals surface area contributed by atoms with Crippen LogP contribution >= 0.6 is 0 Å². The van der Waals surface area contributed by atoms with Crippen molar-refractivity contribution in [1.29, 1.82) is 0 Å². The van der Waals surface area contributed by atoms with Crippen molar-refractivity contribution in [2.24, 2.45) is 0 Å². The van der Waals surface area contributed by atoms with Crippen LogP contribution in [0.5, 0.6) is 0 Å². The van der Waals surface area contributed by atoms with Gasteiger partial charge in [-0.25, -0.2) is 0 Å². The van der Waals surface area contributed by atoms with E-state index >= 15 is 0 Å². The molecule has 0 amide bonds. The van der Waals surface area contributed by atoms with E-state index in [1.165, 1.54) is 27.9 Å². The molecule has 0 saturated carbocycles. The van der Waals surface area contributed by atoms with Gasteiger partial charge in [-0.05, 0) is 42.9 Å². The Kier molecular flexibility index (Phi) is 5.31. The summed E-state index contributed by atoms with van der Waals surface area (Å²) in [4.78, 5) is 5.75. The van der Waals surface area contributed by atoms with Gasteiger partial charge in [0.1, 0.15) is 0 Å². The average Bonchev–Trinajstić information content (AvgIpc) is 2.98. The smallest absolute Gasteiger partial charge is 0.0558 e. The van der Waals surface area contributed by atoms with Gasteiger partial charge < -0.3 is 10.1 Å². The molecular weight excluding hydrogens is 284 g/mol. The molecule has 0 aliphatic heterocycles. The Hall–Kier alpha value is -1.84. The van der Waals surface area contributed by atoms with Crippen molar-refractivity contribution in [3.05, 3.63) is 64.5 Å². The first-order valence-electron chi connectivity index (χ1n) is 8.50. The predicted octanol–water partition coefficient (Wildman–Crippen LogP) is 3.32. The number of fused-ring (bicyclic) bond motifs is 1. The van der Waals surface area contributed by atoms with Crippen LogP contribution in [-0.4, -0.2) is 34.7 Å². The average molecular weight is 310 g/mol. The van der Waals surface area contributed by atoms with Crippen molar-refractivity contribution in [2.45, 2.75) is 32.7 Å². The molecule has 0 atom stereocenters. The number of hydrogen-bond acceptors (Lipinski definition) is 2. The normalized spacial score (nSPS) is 13.5. The summed E-state index contributed by atoms with van der Waals surface area (Å²) in [5, 5.41) is 9.35. The fourth-order valence-electron chi connectivity index (χ4n) is 3.22. The van der Waals surface area contributed by atoms with E-state index in [0.717, 1.165) is 38.9 Å². The third kappa shape index (κ3) is 4.12. The van der Waals surface area contributed by atoms with Crippen molar-refractivity contribution >= 4 is 6.08 Å². The molecule has 0 bridgehead atoms. The van der Waals surface area contributed by atoms with E-state index in [1.54, 1.807) is 0 Å². The van der Waals surface area contributed by atoms with Crippen LogP contribution in [0.2, 0.25) is 0 Å². The third-order valence-corrected chi connectivity index (χ3v) is 4.58. The van der Waals surface area contributed by atoms with Crippen molar-refractivity contribution in [3.63, 3.8) is 0 Å². The lowest BCUT2D eigenvalue weighted by molar-refractivity contribution is 0.191. The van der Waals surface area contributed by atoms with Crippen LogP contribution in [0.15, 0.2) is 36.5 Å². The molecule has 3 rings (SSSR count). The number of H-pyrrole nitrogens is 1. The fourth-order valence-corrected chi connectivity index (χ4v) is 3.22. The highest BCUT2D eigenvalue weighted by Crippen LogP contribution is 2.22. The van der Waals surface area contributed by atoms with Crippen LogP contribution in [0.25, 0.3) is 6.08 Å². The van der Waals surface area contributed by atoms with Crippen molar-refractivity contribution in [3.8, 4) is 0 Å². The second-order valence-corrected chi connectivity index (χ2v) is 6.38. The van der Waals surface area contributed by atoms with Gasteiger partial charge >= 0.3 is 0 Å². The van der Waals surface area contributed by atoms with Gasteiger partial charge in [-0.3, -0.25) is 4.90 Å². The zero-order valence-corrected chi connectivity index (χ0v) is 13.9. The zero-order chi connectivity index (χ0) is 16.1. The van der Waals surface area contributed by atoms with Gasteiger partial charge in [0.2, 0.25) is 0 Å². The Labute approximate surface area is 138 Å². The lowest BCUT2D eigenvalue weighted by Crippen LogP contribution is -2.28. The molecular formula is C20H26N2O. The molecule has 1 aliphatic rings. The highest BCUT2D eigenvalue weighted by atomic mass is 16.3. The molecule has 1 aromatic heterocycles. The summed E-state index contributed by atoms with van der Waals surface area (Å²) < 4.78 is 0. The number of aliphatic hydroxyl groups excluding tert-OH is 1. The Balaban J connectivity index is 1.62. The minimum Gasteiger partial charge on any atom is -0.395 e. The molecule has 0 radical (unpaired) electrons. The minimum absolute atomic E-state index is 0.205. The van der Waals surface area contributed by atoms with Crippen LogP contribution in [0, 0.1) is 6.92 Å². The van der Waals surface area contributed by atoms with E-state index in [9.17, 15) is 5.11 Å². The lowest BCUT2D eigenvalue weighted by atomic mass is 10.00. The maximum atomic E-state index is 9.35. The molecule has 23 heavy (non-hydrogen) atoms. The van der Waals surface area contributed by atoms with E-state index in [2.05, 4.69) is 59.4 Å². The first-order chi connectivity index (χ1) is 11.3. The molecule has 0 fully saturated rings. The minimum atomic E-state index is 0.205. The van der Waals surface area contributed by atoms with Crippen LogP contribution in [0.3, 0.4) is 0 Å². The standard InChI is InChI=1S/C20H26N2O/c1-16-6-8-17(9-7-16)15-22(12-13-23)11-10-18-14-21-20-5-3-2-4-19(18)20/h2,4,6-9,14,21,23H,3,5,10-13,15H2,1H3. The SMILES string of the molecule is Cc1ccc(CN(CCO)CCc2c[nH]c3c2C=CCC3)cc1. The summed E-state index contributed by atoms with van der Waals surface area (Å²) in [5.41, 5.74) is 6.74. The van der Waals surface area contributed by atoms with Gasteiger partial charge in [-0.1, -0.05) is 42.0 Å². The van der Waals surface area contributed by atoms with Crippen LogP contribution in [0.4, 0.5) is 0 Å². The summed E-state index contributed by atoms with van der Waals surface area (Å²) in [7, 11) is 0. The number of benzene rings is 1. The van der Waals surface area contributed by atoms with Crippen LogP contribution in [-0.2, 0) is 19.4 Å². The summed E-state index contributed by atoms with van der Waals surface area (Å²) in [6.07, 6.45) is 9.94. The molecule has 1 heterocycles. The van der Waals surface area contributed by atoms with Gasteiger partial charge in [-0.15, -0.1) is 0 Å². The number of rotatable bonds is 7. The van der Waals surface area contributed by atoms with Gasteiger partial charge in [0.15, 0.2) is 0 Å². The Morgan fingerprint density at radius 3 is 2.78 bits per heavy atom. The number of aryl methyl sites for hydroxylation is 2. The van der Waals surface area contributed by atoms with Gasteiger partial charge in [0, 0.05) is 31.5 Å². The van der Waals surface area contributed by atoms with E-state index < -0.39 is 0 Å². The zero-order valence-electron chi connectivity index (χ0n) is 13.9. The molecule has 0 unspecified atom stereocenters. The van der Waals surface area contributed by atoms with Gasteiger partial charge in [-0.2, -0.15) is 0 Å².